The molecule has 0 amide bonds. The molecule has 4 rings (SSSR count). The summed E-state index contributed by atoms with van der Waals surface area (Å²) in [7, 11) is -3.76. The molecule has 1 atom stereocenters. The van der Waals surface area contributed by atoms with Crippen LogP contribution in [0, 0.1) is 5.82 Å². The van der Waals surface area contributed by atoms with Crippen molar-refractivity contribution in [2.24, 2.45) is 5.73 Å². The second-order valence-corrected chi connectivity index (χ2v) is 9.19. The van der Waals surface area contributed by atoms with Crippen molar-refractivity contribution in [1.29, 1.82) is 0 Å². The normalized spacial score (nSPS) is 17.2. The number of benzene rings is 2. The third kappa shape index (κ3) is 4.72. The molecule has 0 unspecified atom stereocenters. The summed E-state index contributed by atoms with van der Waals surface area (Å²) in [5, 5.41) is 0. The van der Waals surface area contributed by atoms with Crippen LogP contribution in [0.15, 0.2) is 59.8 Å². The molecule has 0 bridgehead atoms. The van der Waals surface area contributed by atoms with E-state index in [1.807, 2.05) is 0 Å². The standard InChI is InChI=1S/C21H22FN5O2S.H2S/c22-18-10-14(7-8-17(18)19-11-26-21(24)12-25-19)16-5-1-2-6-20(16)30(28,29)27-9-3-4-15(23)13-27;/h1-2,5-8,10-12,15H,3-4,9,13,23H2,(H2,24,26);1H2/t15-;/m0./s1. The van der Waals surface area contributed by atoms with Crippen LogP contribution in [-0.4, -0.2) is 41.8 Å². The van der Waals surface area contributed by atoms with Crippen LogP contribution in [0.3, 0.4) is 0 Å². The molecule has 31 heavy (non-hydrogen) atoms. The van der Waals surface area contributed by atoms with E-state index in [1.165, 1.54) is 22.8 Å². The molecule has 1 aliphatic heterocycles. The van der Waals surface area contributed by atoms with Gasteiger partial charge in [-0.25, -0.2) is 17.8 Å². The second kappa shape index (κ2) is 9.31. The minimum atomic E-state index is -3.76. The molecule has 1 fully saturated rings. The average molecular weight is 462 g/mol. The minimum Gasteiger partial charge on any atom is -0.382 e. The molecule has 0 spiro atoms. The highest BCUT2D eigenvalue weighted by atomic mass is 32.2. The van der Waals surface area contributed by atoms with Gasteiger partial charge >= 0.3 is 0 Å². The van der Waals surface area contributed by atoms with Crippen molar-refractivity contribution in [2.45, 2.75) is 23.8 Å². The van der Waals surface area contributed by atoms with E-state index in [0.29, 0.717) is 29.8 Å². The molecule has 3 aromatic rings. The van der Waals surface area contributed by atoms with E-state index in [-0.39, 0.29) is 42.4 Å². The van der Waals surface area contributed by atoms with Crippen molar-refractivity contribution in [2.75, 3.05) is 18.8 Å². The molecule has 1 saturated heterocycles. The monoisotopic (exact) mass is 461 g/mol. The first kappa shape index (κ1) is 23.1. The summed E-state index contributed by atoms with van der Waals surface area (Å²) >= 11 is 0. The van der Waals surface area contributed by atoms with Gasteiger partial charge in [-0.05, 0) is 36.6 Å². The Hall–Kier alpha value is -2.53. The van der Waals surface area contributed by atoms with Crippen LogP contribution >= 0.6 is 13.5 Å². The molecule has 4 N–H and O–H groups in total. The summed E-state index contributed by atoms with van der Waals surface area (Å²) in [5.74, 6) is -0.286. The van der Waals surface area contributed by atoms with E-state index in [0.717, 1.165) is 6.42 Å². The van der Waals surface area contributed by atoms with Crippen molar-refractivity contribution in [1.82, 2.24) is 14.3 Å². The molecular weight excluding hydrogens is 437 g/mol. The van der Waals surface area contributed by atoms with Crippen LogP contribution in [0.1, 0.15) is 12.8 Å². The number of piperidine rings is 1. The van der Waals surface area contributed by atoms with Crippen molar-refractivity contribution in [3.63, 3.8) is 0 Å². The van der Waals surface area contributed by atoms with Gasteiger partial charge in [0.1, 0.15) is 11.6 Å². The Morgan fingerprint density at radius 3 is 2.52 bits per heavy atom. The highest BCUT2D eigenvalue weighted by Crippen LogP contribution is 2.33. The molecule has 2 heterocycles. The number of nitrogens with zero attached hydrogens (tertiary/aromatic N) is 3. The van der Waals surface area contributed by atoms with Gasteiger partial charge in [0.2, 0.25) is 10.0 Å². The van der Waals surface area contributed by atoms with Crippen LogP contribution in [0.2, 0.25) is 0 Å². The number of nitrogens with two attached hydrogens (primary N) is 2. The Labute approximate surface area is 187 Å². The summed E-state index contributed by atoms with van der Waals surface area (Å²) in [5.41, 5.74) is 13.0. The van der Waals surface area contributed by atoms with Gasteiger partial charge < -0.3 is 11.5 Å². The number of halogens is 1. The number of sulfonamides is 1. The molecule has 1 aliphatic rings. The van der Waals surface area contributed by atoms with Gasteiger partial charge in [0, 0.05) is 30.3 Å². The van der Waals surface area contributed by atoms with Gasteiger partial charge in [-0.1, -0.05) is 24.3 Å². The fourth-order valence-electron chi connectivity index (χ4n) is 3.63. The summed E-state index contributed by atoms with van der Waals surface area (Å²) < 4.78 is 42.8. The molecule has 0 aliphatic carbocycles. The quantitative estimate of drug-likeness (QED) is 0.617. The van der Waals surface area contributed by atoms with Crippen LogP contribution in [0.25, 0.3) is 22.4 Å². The second-order valence-electron chi connectivity index (χ2n) is 7.28. The zero-order chi connectivity index (χ0) is 21.3. The summed E-state index contributed by atoms with van der Waals surface area (Å²) in [6.07, 6.45) is 4.27. The molecule has 164 valence electrons. The first-order valence-electron chi connectivity index (χ1n) is 9.59. The van der Waals surface area contributed by atoms with E-state index in [2.05, 4.69) is 9.97 Å². The van der Waals surface area contributed by atoms with E-state index in [1.54, 1.807) is 36.4 Å². The number of hydrogen-bond acceptors (Lipinski definition) is 6. The van der Waals surface area contributed by atoms with E-state index < -0.39 is 15.8 Å². The Kier molecular flexibility index (Phi) is 6.95. The molecular formula is C21H24FN5O2S2. The van der Waals surface area contributed by atoms with Gasteiger partial charge in [-0.15, -0.1) is 0 Å². The Morgan fingerprint density at radius 2 is 1.84 bits per heavy atom. The topological polar surface area (TPSA) is 115 Å². The van der Waals surface area contributed by atoms with Crippen molar-refractivity contribution in [3.05, 3.63) is 60.7 Å². The summed E-state index contributed by atoms with van der Waals surface area (Å²) in [4.78, 5) is 8.17. The van der Waals surface area contributed by atoms with Gasteiger partial charge in [0.25, 0.3) is 0 Å². The lowest BCUT2D eigenvalue weighted by Gasteiger charge is -2.30. The molecule has 10 heteroatoms. The zero-order valence-electron chi connectivity index (χ0n) is 16.7. The highest BCUT2D eigenvalue weighted by molar-refractivity contribution is 7.89. The van der Waals surface area contributed by atoms with Gasteiger partial charge in [0.05, 0.1) is 23.0 Å². The number of hydrogen-bond donors (Lipinski definition) is 2. The number of aromatic nitrogens is 2. The fourth-order valence-corrected chi connectivity index (χ4v) is 5.38. The lowest BCUT2D eigenvalue weighted by atomic mass is 10.0. The molecule has 7 nitrogen and oxygen atoms in total. The van der Waals surface area contributed by atoms with Gasteiger partial charge in [0.15, 0.2) is 0 Å². The minimum absolute atomic E-state index is 0. The van der Waals surface area contributed by atoms with E-state index >= 15 is 0 Å². The SMILES string of the molecule is Nc1cnc(-c2ccc(-c3ccccc3S(=O)(=O)N3CCC[C@H](N)C3)cc2F)cn1.S. The van der Waals surface area contributed by atoms with Crippen LogP contribution in [-0.2, 0) is 10.0 Å². The maximum Gasteiger partial charge on any atom is 0.243 e. The van der Waals surface area contributed by atoms with E-state index in [4.69, 9.17) is 11.5 Å². The number of anilines is 1. The maximum atomic E-state index is 14.9. The molecule has 1 aromatic heterocycles. The summed E-state index contributed by atoms with van der Waals surface area (Å²) in [6.45, 7) is 0.702. The number of rotatable bonds is 4. The van der Waals surface area contributed by atoms with Gasteiger partial charge in [-0.2, -0.15) is 17.8 Å². The highest BCUT2D eigenvalue weighted by Gasteiger charge is 2.30. The Bertz CT molecular complexity index is 1170. The van der Waals surface area contributed by atoms with Crippen LogP contribution < -0.4 is 11.5 Å². The lowest BCUT2D eigenvalue weighted by molar-refractivity contribution is 0.316. The smallest absolute Gasteiger partial charge is 0.243 e. The van der Waals surface area contributed by atoms with Crippen molar-refractivity contribution in [3.8, 4) is 22.4 Å². The largest absolute Gasteiger partial charge is 0.382 e. The fraction of sp³-hybridized carbons (Fsp3) is 0.238. The van der Waals surface area contributed by atoms with Crippen molar-refractivity contribution < 1.29 is 12.8 Å². The molecule has 0 saturated carbocycles. The zero-order valence-corrected chi connectivity index (χ0v) is 18.5. The van der Waals surface area contributed by atoms with Crippen LogP contribution in [0.4, 0.5) is 10.2 Å². The maximum absolute atomic E-state index is 14.9. The number of nitrogen functional groups attached to an aromatic ring is 1. The Balaban J connectivity index is 0.00000272. The van der Waals surface area contributed by atoms with Crippen molar-refractivity contribution >= 4 is 29.3 Å². The lowest BCUT2D eigenvalue weighted by Crippen LogP contribution is -2.45. The summed E-state index contributed by atoms with van der Waals surface area (Å²) in [6, 6.07) is 11.0. The van der Waals surface area contributed by atoms with Gasteiger partial charge in [-0.3, -0.25) is 4.98 Å². The van der Waals surface area contributed by atoms with E-state index in [9.17, 15) is 12.8 Å². The third-order valence-electron chi connectivity index (χ3n) is 5.15. The predicted octanol–water partition coefficient (Wildman–Crippen LogP) is 2.76. The average Bonchev–Trinajstić information content (AvgIpc) is 2.74. The third-order valence-corrected chi connectivity index (χ3v) is 7.08. The van der Waals surface area contributed by atoms with Crippen LogP contribution in [0.5, 0.6) is 0 Å². The molecule has 2 aromatic carbocycles. The predicted molar refractivity (Wildman–Crippen MR) is 124 cm³/mol. The Morgan fingerprint density at radius 1 is 1.06 bits per heavy atom. The molecule has 0 radical (unpaired) electrons. The first-order chi connectivity index (χ1) is 14.4. The first-order valence-corrected chi connectivity index (χ1v) is 11.0.